The molecule has 0 aromatic heterocycles. The van der Waals surface area contributed by atoms with Crippen LogP contribution >= 0.6 is 12.6 Å². The Hall–Kier alpha value is -0.470. The maximum absolute atomic E-state index is 5.54. The summed E-state index contributed by atoms with van der Waals surface area (Å²) in [5.74, 6) is 0.985. The van der Waals surface area contributed by atoms with Crippen molar-refractivity contribution in [1.82, 2.24) is 0 Å². The molecule has 0 unspecified atom stereocenters. The van der Waals surface area contributed by atoms with Crippen LogP contribution in [0.25, 0.3) is 0 Å². The fourth-order valence-corrected chi connectivity index (χ4v) is 1.48. The molecule has 0 aliphatic carbocycles. The van der Waals surface area contributed by atoms with Gasteiger partial charge in [-0.15, -0.1) is 0 Å². The van der Waals surface area contributed by atoms with Crippen molar-refractivity contribution in [3.8, 4) is 0 Å². The summed E-state index contributed by atoms with van der Waals surface area (Å²) in [4.78, 5) is 0. The molecule has 0 bridgehead atoms. The molecule has 2 heteroatoms. The smallest absolute Gasteiger partial charge is 0.0716 e. The first kappa shape index (κ1) is 11.6. The van der Waals surface area contributed by atoms with Crippen molar-refractivity contribution in [1.29, 1.82) is 0 Å². The van der Waals surface area contributed by atoms with Crippen molar-refractivity contribution in [2.45, 2.75) is 25.9 Å². The lowest BCUT2D eigenvalue weighted by atomic mass is 10.2. The highest BCUT2D eigenvalue weighted by Crippen LogP contribution is 2.02. The lowest BCUT2D eigenvalue weighted by molar-refractivity contribution is 0.117. The zero-order valence-electron chi connectivity index (χ0n) is 8.48. The lowest BCUT2D eigenvalue weighted by Gasteiger charge is -2.03. The van der Waals surface area contributed by atoms with Gasteiger partial charge in [0, 0.05) is 6.61 Å². The maximum Gasteiger partial charge on any atom is 0.0716 e. The highest BCUT2D eigenvalue weighted by atomic mass is 32.1. The Kier molecular flexibility index (Phi) is 6.54. The first-order valence-electron chi connectivity index (χ1n) is 5.16. The third-order valence-corrected chi connectivity index (χ3v) is 2.37. The third-order valence-electron chi connectivity index (χ3n) is 2.06. The van der Waals surface area contributed by atoms with Crippen LogP contribution in [0, 0.1) is 0 Å². The van der Waals surface area contributed by atoms with Crippen LogP contribution in [0.1, 0.15) is 24.8 Å². The first-order valence-corrected chi connectivity index (χ1v) is 5.79. The summed E-state index contributed by atoms with van der Waals surface area (Å²) in [5, 5.41) is 0. The second kappa shape index (κ2) is 7.89. The molecule has 0 heterocycles. The van der Waals surface area contributed by atoms with E-state index in [9.17, 15) is 0 Å². The van der Waals surface area contributed by atoms with Gasteiger partial charge >= 0.3 is 0 Å². The molecule has 0 N–H and O–H groups in total. The average Bonchev–Trinajstić information content (AvgIpc) is 2.25. The zero-order chi connectivity index (χ0) is 10.1. The lowest BCUT2D eigenvalue weighted by Crippen LogP contribution is -1.95. The van der Waals surface area contributed by atoms with Crippen molar-refractivity contribution < 1.29 is 4.74 Å². The predicted molar refractivity (Wildman–Crippen MR) is 63.8 cm³/mol. The summed E-state index contributed by atoms with van der Waals surface area (Å²) in [6.07, 6.45) is 3.56. The predicted octanol–water partition coefficient (Wildman–Crippen LogP) is 3.30. The van der Waals surface area contributed by atoms with Crippen LogP contribution in [0.2, 0.25) is 0 Å². The molecule has 0 amide bonds. The Labute approximate surface area is 91.9 Å². The van der Waals surface area contributed by atoms with Crippen LogP contribution < -0.4 is 0 Å². The molecule has 1 aromatic rings. The molecule has 78 valence electrons. The van der Waals surface area contributed by atoms with Gasteiger partial charge in [-0.25, -0.2) is 0 Å². The largest absolute Gasteiger partial charge is 0.377 e. The Morgan fingerprint density at radius 2 is 1.79 bits per heavy atom. The van der Waals surface area contributed by atoms with Crippen LogP contribution in [0.15, 0.2) is 30.3 Å². The topological polar surface area (TPSA) is 9.23 Å². The number of unbranched alkanes of at least 4 members (excludes halogenated alkanes) is 2. The van der Waals surface area contributed by atoms with Gasteiger partial charge in [-0.05, 0) is 24.2 Å². The van der Waals surface area contributed by atoms with Crippen molar-refractivity contribution in [3.63, 3.8) is 0 Å². The molecular weight excluding hydrogens is 192 g/mol. The van der Waals surface area contributed by atoms with Gasteiger partial charge in [0.25, 0.3) is 0 Å². The Morgan fingerprint density at radius 1 is 1.00 bits per heavy atom. The van der Waals surface area contributed by atoms with Gasteiger partial charge in [0.05, 0.1) is 6.61 Å². The van der Waals surface area contributed by atoms with E-state index in [0.717, 1.165) is 25.4 Å². The van der Waals surface area contributed by atoms with Crippen LogP contribution in [0.5, 0.6) is 0 Å². The number of ether oxygens (including phenoxy) is 1. The van der Waals surface area contributed by atoms with E-state index in [-0.39, 0.29) is 0 Å². The van der Waals surface area contributed by atoms with Crippen molar-refractivity contribution >= 4 is 12.6 Å². The minimum absolute atomic E-state index is 0.738. The van der Waals surface area contributed by atoms with Gasteiger partial charge in [0.2, 0.25) is 0 Å². The Balaban J connectivity index is 1.99. The molecule has 1 rings (SSSR count). The van der Waals surface area contributed by atoms with Crippen molar-refractivity contribution in [3.05, 3.63) is 35.9 Å². The van der Waals surface area contributed by atoms with Gasteiger partial charge in [-0.1, -0.05) is 36.8 Å². The molecule has 1 aromatic carbocycles. The van der Waals surface area contributed by atoms with Crippen LogP contribution in [-0.4, -0.2) is 12.4 Å². The third kappa shape index (κ3) is 5.30. The van der Waals surface area contributed by atoms with E-state index in [1.165, 1.54) is 18.4 Å². The van der Waals surface area contributed by atoms with Crippen molar-refractivity contribution in [2.75, 3.05) is 12.4 Å². The minimum atomic E-state index is 0.738. The Morgan fingerprint density at radius 3 is 2.50 bits per heavy atom. The minimum Gasteiger partial charge on any atom is -0.377 e. The maximum atomic E-state index is 5.54. The molecule has 0 atom stereocenters. The van der Waals surface area contributed by atoms with E-state index in [2.05, 4.69) is 24.8 Å². The van der Waals surface area contributed by atoms with Gasteiger partial charge in [0.15, 0.2) is 0 Å². The van der Waals surface area contributed by atoms with Crippen LogP contribution in [0.3, 0.4) is 0 Å². The van der Waals surface area contributed by atoms with Crippen LogP contribution in [0.4, 0.5) is 0 Å². The SMILES string of the molecule is SCCCCCOCc1ccccc1. The molecule has 0 aliphatic rings. The summed E-state index contributed by atoms with van der Waals surface area (Å²) < 4.78 is 5.54. The summed E-state index contributed by atoms with van der Waals surface area (Å²) in [6.45, 7) is 1.60. The quantitative estimate of drug-likeness (QED) is 0.536. The summed E-state index contributed by atoms with van der Waals surface area (Å²) >= 11 is 4.16. The number of hydrogen-bond acceptors (Lipinski definition) is 2. The van der Waals surface area contributed by atoms with E-state index < -0.39 is 0 Å². The average molecular weight is 210 g/mol. The van der Waals surface area contributed by atoms with Gasteiger partial charge in [-0.3, -0.25) is 0 Å². The molecular formula is C12H18OS. The fourth-order valence-electron chi connectivity index (χ4n) is 1.26. The van der Waals surface area contributed by atoms with E-state index >= 15 is 0 Å². The van der Waals surface area contributed by atoms with Gasteiger partial charge in [-0.2, -0.15) is 12.6 Å². The first-order chi connectivity index (χ1) is 6.93. The Bertz CT molecular complexity index is 223. The molecule has 1 nitrogen and oxygen atoms in total. The number of rotatable bonds is 7. The van der Waals surface area contributed by atoms with Gasteiger partial charge in [0.1, 0.15) is 0 Å². The standard InChI is InChI=1S/C12H18OS/c14-10-6-2-5-9-13-11-12-7-3-1-4-8-12/h1,3-4,7-8,14H,2,5-6,9-11H2. The molecule has 0 radical (unpaired) electrons. The summed E-state index contributed by atoms with van der Waals surface area (Å²) in [5.41, 5.74) is 1.25. The van der Waals surface area contributed by atoms with E-state index in [1.807, 2.05) is 18.2 Å². The molecule has 0 aliphatic heterocycles. The summed E-state index contributed by atoms with van der Waals surface area (Å²) in [6, 6.07) is 10.3. The van der Waals surface area contributed by atoms with E-state index in [4.69, 9.17) is 4.74 Å². The zero-order valence-corrected chi connectivity index (χ0v) is 9.38. The van der Waals surface area contributed by atoms with E-state index in [0.29, 0.717) is 0 Å². The molecule has 0 spiro atoms. The number of thiol groups is 1. The highest BCUT2D eigenvalue weighted by molar-refractivity contribution is 7.80. The number of hydrogen-bond donors (Lipinski definition) is 1. The molecule has 0 saturated carbocycles. The number of benzene rings is 1. The highest BCUT2D eigenvalue weighted by Gasteiger charge is 1.91. The second-order valence-corrected chi connectivity index (χ2v) is 3.77. The molecule has 14 heavy (non-hydrogen) atoms. The second-order valence-electron chi connectivity index (χ2n) is 3.32. The molecule has 0 fully saturated rings. The normalized spacial score (nSPS) is 10.4. The van der Waals surface area contributed by atoms with Crippen LogP contribution in [-0.2, 0) is 11.3 Å². The van der Waals surface area contributed by atoms with Gasteiger partial charge < -0.3 is 4.74 Å². The monoisotopic (exact) mass is 210 g/mol. The van der Waals surface area contributed by atoms with E-state index in [1.54, 1.807) is 0 Å². The van der Waals surface area contributed by atoms with Crippen molar-refractivity contribution in [2.24, 2.45) is 0 Å². The summed E-state index contributed by atoms with van der Waals surface area (Å²) in [7, 11) is 0. The fraction of sp³-hybridized carbons (Fsp3) is 0.500. The molecule has 0 saturated heterocycles.